The molecule has 0 saturated carbocycles. The summed E-state index contributed by atoms with van der Waals surface area (Å²) in [5.41, 5.74) is 5.76. The molecule has 2 nitrogen and oxygen atoms in total. The molecule has 9 heteroatoms. The number of hydrogen-bond acceptors (Lipinski definition) is 2. The molecule has 0 radical (unpaired) electrons. The van der Waals surface area contributed by atoms with Gasteiger partial charge in [-0.1, -0.05) is 131 Å². The number of allylic oxidation sites excluding steroid dienone is 8. The molecule has 0 atom stereocenters. The quantitative estimate of drug-likeness (QED) is 0.262. The van der Waals surface area contributed by atoms with E-state index >= 15 is 0 Å². The Bertz CT molecular complexity index is 1370. The fraction of sp³-hybridized carbons (Fsp3) is 0.500. The summed E-state index contributed by atoms with van der Waals surface area (Å²) < 4.78 is 71.1. The maximum absolute atomic E-state index is 11.9. The summed E-state index contributed by atoms with van der Waals surface area (Å²) in [5, 5.41) is 17.4. The van der Waals surface area contributed by atoms with Gasteiger partial charge in [0, 0.05) is 26.2 Å². The second kappa shape index (κ2) is 17.6. The van der Waals surface area contributed by atoms with Crippen LogP contribution in [0.3, 0.4) is 0 Å². The molecular formula is C40H54F6O2Zr. The van der Waals surface area contributed by atoms with Gasteiger partial charge in [0.25, 0.3) is 0 Å². The van der Waals surface area contributed by atoms with Crippen LogP contribution in [0.5, 0.6) is 11.5 Å². The molecule has 0 unspecified atom stereocenters. The molecule has 0 saturated heterocycles. The van der Waals surface area contributed by atoms with Crippen molar-refractivity contribution in [3.63, 3.8) is 0 Å². The van der Waals surface area contributed by atoms with Crippen LogP contribution < -0.4 is 0 Å². The van der Waals surface area contributed by atoms with Gasteiger partial charge < -0.3 is 10.2 Å². The Labute approximate surface area is 309 Å². The van der Waals surface area contributed by atoms with Crippen LogP contribution in [0.2, 0.25) is 0 Å². The number of rotatable bonds is 0. The molecule has 2 aromatic rings. The topological polar surface area (TPSA) is 40.5 Å². The summed E-state index contributed by atoms with van der Waals surface area (Å²) in [6, 6.07) is 7.85. The zero-order valence-electron chi connectivity index (χ0n) is 31.0. The van der Waals surface area contributed by atoms with Crippen molar-refractivity contribution < 1.29 is 62.8 Å². The van der Waals surface area contributed by atoms with Gasteiger partial charge in [-0.05, 0) is 82.0 Å². The minimum atomic E-state index is -4.38. The van der Waals surface area contributed by atoms with Crippen LogP contribution >= 0.6 is 0 Å². The first kappa shape index (κ1) is 46.5. The number of benzene rings is 2. The Kier molecular flexibility index (Phi) is 16.7. The fourth-order valence-corrected chi connectivity index (χ4v) is 4.51. The van der Waals surface area contributed by atoms with E-state index in [4.69, 9.17) is 10.2 Å². The average molecular weight is 772 g/mol. The fourth-order valence-electron chi connectivity index (χ4n) is 4.51. The molecule has 0 bridgehead atoms. The van der Waals surface area contributed by atoms with E-state index in [9.17, 15) is 26.3 Å². The van der Waals surface area contributed by atoms with Gasteiger partial charge >= 0.3 is 12.4 Å². The Morgan fingerprint density at radius 1 is 0.469 bits per heavy atom. The van der Waals surface area contributed by atoms with E-state index in [0.717, 1.165) is 37.1 Å². The molecule has 272 valence electrons. The van der Waals surface area contributed by atoms with Gasteiger partial charge in [0.05, 0.1) is 11.1 Å². The van der Waals surface area contributed by atoms with Crippen molar-refractivity contribution in [1.82, 2.24) is 0 Å². The number of hydrogen-bond donors (Lipinski definition) is 2. The molecular weight excluding hydrogens is 718 g/mol. The van der Waals surface area contributed by atoms with Gasteiger partial charge in [-0.3, -0.25) is 0 Å². The van der Waals surface area contributed by atoms with Crippen LogP contribution in [-0.2, 0) is 38.6 Å². The number of aromatic hydroxyl groups is 2. The van der Waals surface area contributed by atoms with Crippen molar-refractivity contribution in [1.29, 1.82) is 0 Å². The van der Waals surface area contributed by atoms with Crippen LogP contribution in [0.25, 0.3) is 0 Å². The number of phenols is 2. The van der Waals surface area contributed by atoms with E-state index in [1.54, 1.807) is 11.1 Å². The Morgan fingerprint density at radius 3 is 0.898 bits per heavy atom. The van der Waals surface area contributed by atoms with Crippen molar-refractivity contribution >= 4 is 0 Å². The first-order chi connectivity index (χ1) is 21.4. The first-order valence-corrected chi connectivity index (χ1v) is 16.0. The van der Waals surface area contributed by atoms with Gasteiger partial charge in [-0.25, -0.2) is 0 Å². The van der Waals surface area contributed by atoms with E-state index in [1.807, 2.05) is 0 Å². The molecule has 0 heterocycles. The van der Waals surface area contributed by atoms with E-state index in [0.29, 0.717) is 33.8 Å². The molecule has 0 aromatic heterocycles. The summed E-state index contributed by atoms with van der Waals surface area (Å²) in [7, 11) is 0. The maximum atomic E-state index is 11.9. The minimum Gasteiger partial charge on any atom is -0.508 e. The van der Waals surface area contributed by atoms with Crippen molar-refractivity contribution in [2.75, 3.05) is 0 Å². The first-order valence-electron chi connectivity index (χ1n) is 16.0. The predicted octanol–water partition coefficient (Wildman–Crippen LogP) is 13.5. The second-order valence-electron chi connectivity index (χ2n) is 16.2. The van der Waals surface area contributed by atoms with Crippen LogP contribution in [0.4, 0.5) is 26.3 Å². The van der Waals surface area contributed by atoms with E-state index in [-0.39, 0.29) is 37.7 Å². The number of halogens is 6. The van der Waals surface area contributed by atoms with Gasteiger partial charge in [0.1, 0.15) is 11.5 Å². The van der Waals surface area contributed by atoms with Crippen molar-refractivity contribution in [3.05, 3.63) is 106 Å². The van der Waals surface area contributed by atoms with Crippen LogP contribution in [0.1, 0.15) is 107 Å². The summed E-state index contributed by atoms with van der Waals surface area (Å²) in [5.74, 6) is -0.750. The molecule has 0 spiro atoms. The van der Waals surface area contributed by atoms with Gasteiger partial charge in [0.2, 0.25) is 0 Å². The Morgan fingerprint density at radius 2 is 0.755 bits per heavy atom. The molecule has 2 aliphatic carbocycles. The number of alkyl halides is 6. The molecule has 2 aliphatic rings. The van der Waals surface area contributed by atoms with Crippen LogP contribution in [0.15, 0.2) is 95.1 Å². The van der Waals surface area contributed by atoms with E-state index in [2.05, 4.69) is 107 Å². The molecule has 49 heavy (non-hydrogen) atoms. The zero-order valence-corrected chi connectivity index (χ0v) is 33.5. The van der Waals surface area contributed by atoms with Gasteiger partial charge in [-0.2, -0.15) is 26.3 Å². The monoisotopic (exact) mass is 770 g/mol. The summed E-state index contributed by atoms with van der Waals surface area (Å²) in [6.45, 7) is 27.4. The molecule has 0 fully saturated rings. The van der Waals surface area contributed by atoms with Crippen molar-refractivity contribution in [2.24, 2.45) is 21.7 Å². The molecule has 0 aliphatic heterocycles. The third-order valence-electron chi connectivity index (χ3n) is 7.75. The largest absolute Gasteiger partial charge is 0.508 e. The summed E-state index contributed by atoms with van der Waals surface area (Å²) >= 11 is 0. The van der Waals surface area contributed by atoms with Crippen LogP contribution in [0, 0.1) is 21.7 Å². The number of phenolic OH excluding ortho intramolecular Hbond substituents is 2. The van der Waals surface area contributed by atoms with Gasteiger partial charge in [-0.15, -0.1) is 0 Å². The molecule has 2 aromatic carbocycles. The Balaban J connectivity index is 0.000000625. The normalized spacial score (nSPS) is 15.1. The average Bonchev–Trinajstić information content (AvgIpc) is 3.60. The third kappa shape index (κ3) is 16.8. The SMILES string of the molecule is CC(C)(C)C1=CCC(C(C)(C)C)=C1.CC(C)(C)C1=CCC(C(C)(C)C)=C1.Oc1cccc(C(F)(F)F)c1.Oc1cccc(C(F)(F)F)c1.[Zr]. The Hall–Kier alpha value is -2.54. The van der Waals surface area contributed by atoms with Crippen molar-refractivity contribution in [3.8, 4) is 11.5 Å². The van der Waals surface area contributed by atoms with Crippen LogP contribution in [-0.4, -0.2) is 10.2 Å². The summed E-state index contributed by atoms with van der Waals surface area (Å²) in [4.78, 5) is 0. The predicted molar refractivity (Wildman–Crippen MR) is 186 cm³/mol. The van der Waals surface area contributed by atoms with Crippen molar-refractivity contribution in [2.45, 2.75) is 108 Å². The zero-order chi connectivity index (χ0) is 37.5. The molecule has 4 rings (SSSR count). The van der Waals surface area contributed by atoms with E-state index < -0.39 is 23.5 Å². The smallest absolute Gasteiger partial charge is 0.416 e. The summed E-state index contributed by atoms with van der Waals surface area (Å²) in [6.07, 6.45) is 3.07. The van der Waals surface area contributed by atoms with Gasteiger partial charge in [0.15, 0.2) is 0 Å². The van der Waals surface area contributed by atoms with E-state index in [1.165, 1.54) is 23.3 Å². The molecule has 0 amide bonds. The third-order valence-corrected chi connectivity index (χ3v) is 7.75. The molecule has 2 N–H and O–H groups in total. The second-order valence-corrected chi connectivity index (χ2v) is 16.2. The maximum Gasteiger partial charge on any atom is 0.416 e. The standard InChI is InChI=1S/2C13H22.2C7H5F3O.Zr/c2*1-12(2,3)10-7-8-11(9-10)13(4,5)6;2*8-7(9,10)5-2-1-3-6(11)4-5;/h2*7,9H,8H2,1-6H3;2*1-4,11H;. The minimum absolute atomic E-state index is 0.